The van der Waals surface area contributed by atoms with Gasteiger partial charge in [-0.25, -0.2) is 0 Å². The predicted molar refractivity (Wildman–Crippen MR) is 64.5 cm³/mol. The number of carbonyl (C=O) groups is 2. The van der Waals surface area contributed by atoms with E-state index < -0.39 is 62.3 Å². The molecule has 0 aliphatic heterocycles. The molecule has 0 aromatic rings. The van der Waals surface area contributed by atoms with Crippen molar-refractivity contribution in [2.75, 3.05) is 27.5 Å². The van der Waals surface area contributed by atoms with E-state index in [2.05, 4.69) is 0 Å². The maximum atomic E-state index is 12.0. The second-order valence-electron chi connectivity index (χ2n) is 3.96. The van der Waals surface area contributed by atoms with E-state index in [-0.39, 0.29) is 0 Å². The summed E-state index contributed by atoms with van der Waals surface area (Å²) >= 11 is 0. The van der Waals surface area contributed by atoms with Gasteiger partial charge in [0.1, 0.15) is 6.54 Å². The third-order valence-electron chi connectivity index (χ3n) is 2.18. The molecule has 0 rings (SSSR count). The first-order valence-corrected chi connectivity index (χ1v) is 5.21. The lowest BCUT2D eigenvalue weighted by molar-refractivity contribution is -0.873. The van der Waals surface area contributed by atoms with Gasteiger partial charge < -0.3 is 14.3 Å². The zero-order valence-corrected chi connectivity index (χ0v) is 9.90. The van der Waals surface area contributed by atoms with Crippen molar-refractivity contribution < 1.29 is 36.3 Å². The highest BCUT2D eigenvalue weighted by Crippen LogP contribution is 2.10. The normalized spacial score (nSPS) is 25.2. The van der Waals surface area contributed by atoms with Crippen molar-refractivity contribution in [3.8, 4) is 0 Å². The summed E-state index contributed by atoms with van der Waals surface area (Å²) in [5.74, 6) is -3.01. The lowest BCUT2D eigenvalue weighted by atomic mass is 10.1. The molecule has 0 bridgehead atoms. The number of esters is 1. The van der Waals surface area contributed by atoms with Gasteiger partial charge >= 0.3 is 11.9 Å². The van der Waals surface area contributed by atoms with E-state index in [1.807, 2.05) is 0 Å². The molecule has 0 aromatic carbocycles. The van der Waals surface area contributed by atoms with Crippen molar-refractivity contribution in [3.05, 3.63) is 0 Å². The number of likely N-dealkylation sites (N-methyl/N-ethyl adjacent to an activating group) is 1. The van der Waals surface area contributed by atoms with Crippen LogP contribution < -0.4 is 0 Å². The minimum atomic E-state index is -3.55. The summed E-state index contributed by atoms with van der Waals surface area (Å²) in [4.78, 5) is 23.0. The first-order valence-electron chi connectivity index (χ1n) is 9.71. The fraction of sp³-hybridized carbons (Fsp3) is 0.833. The second-order valence-corrected chi connectivity index (χ2v) is 3.96. The molecule has 0 amide bonds. The molecule has 0 radical (unpaired) electrons. The van der Waals surface area contributed by atoms with Crippen molar-refractivity contribution in [2.45, 2.75) is 32.8 Å². The highest BCUT2D eigenvalue weighted by Gasteiger charge is 2.26. The van der Waals surface area contributed by atoms with Gasteiger partial charge in [0, 0.05) is 0 Å². The third-order valence-corrected chi connectivity index (χ3v) is 2.18. The van der Waals surface area contributed by atoms with E-state index in [0.29, 0.717) is 6.42 Å². The fourth-order valence-corrected chi connectivity index (χ4v) is 1.09. The molecule has 0 saturated heterocycles. The van der Waals surface area contributed by atoms with Gasteiger partial charge in [-0.2, -0.15) is 0 Å². The SMILES string of the molecule is [2H]C([2H])([2H])[N+](C[C@@H](CC(=O)O)OC(=O)C(C)CC)(C([2H])([2H])[2H])C([2H])([2H])[2H]. The van der Waals surface area contributed by atoms with Crippen LogP contribution in [0.3, 0.4) is 0 Å². The first-order chi connectivity index (χ1) is 11.4. The summed E-state index contributed by atoms with van der Waals surface area (Å²) in [6.45, 7) is -8.72. The Balaban J connectivity index is 6.15. The van der Waals surface area contributed by atoms with Crippen LogP contribution in [0.1, 0.15) is 39.0 Å². The Morgan fingerprint density at radius 1 is 1.41 bits per heavy atom. The molecule has 17 heavy (non-hydrogen) atoms. The van der Waals surface area contributed by atoms with Crippen LogP contribution in [0.4, 0.5) is 0 Å². The zero-order valence-electron chi connectivity index (χ0n) is 18.9. The summed E-state index contributed by atoms with van der Waals surface area (Å²) in [6, 6.07) is 0. The molecule has 0 aliphatic carbocycles. The highest BCUT2D eigenvalue weighted by molar-refractivity contribution is 5.73. The van der Waals surface area contributed by atoms with E-state index >= 15 is 0 Å². The van der Waals surface area contributed by atoms with Crippen LogP contribution in [-0.2, 0) is 14.3 Å². The molecule has 5 nitrogen and oxygen atoms in total. The molecule has 0 fully saturated rings. The van der Waals surface area contributed by atoms with E-state index in [4.69, 9.17) is 22.2 Å². The Kier molecular flexibility index (Phi) is 2.40. The van der Waals surface area contributed by atoms with Crippen molar-refractivity contribution in [3.63, 3.8) is 0 Å². The molecule has 1 unspecified atom stereocenters. The summed E-state index contributed by atoms with van der Waals surface area (Å²) < 4.78 is 70.3. The summed E-state index contributed by atoms with van der Waals surface area (Å²) in [6.07, 6.45) is -2.32. The van der Waals surface area contributed by atoms with Crippen LogP contribution in [0.25, 0.3) is 0 Å². The summed E-state index contributed by atoms with van der Waals surface area (Å²) in [5, 5.41) is 8.98. The fourth-order valence-electron chi connectivity index (χ4n) is 1.09. The van der Waals surface area contributed by atoms with Crippen LogP contribution >= 0.6 is 0 Å². The molecule has 0 heterocycles. The number of quaternary nitrogens is 1. The van der Waals surface area contributed by atoms with Crippen molar-refractivity contribution >= 4 is 11.9 Å². The summed E-state index contributed by atoms with van der Waals surface area (Å²) in [7, 11) is 0. The number of aliphatic carboxylic acids is 1. The first kappa shape index (κ1) is 6.18. The molecular weight excluding hydrogens is 222 g/mol. The Bertz CT molecular complexity index is 476. The number of ether oxygens (including phenoxy) is 1. The van der Waals surface area contributed by atoms with Crippen molar-refractivity contribution in [2.24, 2.45) is 5.92 Å². The Morgan fingerprint density at radius 3 is 2.41 bits per heavy atom. The molecule has 0 aliphatic rings. The van der Waals surface area contributed by atoms with Crippen molar-refractivity contribution in [1.29, 1.82) is 0 Å². The standard InChI is InChI=1S/C12H23NO4/c1-6-9(2)12(16)17-10(7-11(14)15)8-13(3,4)5/h9-10H,6-8H2,1-5H3/p+1/t9?,10-/m1/s1/i3D3,4D3,5D3. The molecule has 2 atom stereocenters. The van der Waals surface area contributed by atoms with Crippen molar-refractivity contribution in [1.82, 2.24) is 0 Å². The maximum Gasteiger partial charge on any atom is 0.309 e. The Labute approximate surface area is 116 Å². The smallest absolute Gasteiger partial charge is 0.309 e. The Morgan fingerprint density at radius 2 is 2.00 bits per heavy atom. The molecule has 5 heteroatoms. The quantitative estimate of drug-likeness (QED) is 0.547. The summed E-state index contributed by atoms with van der Waals surface area (Å²) in [5.41, 5.74) is 0. The minimum absolute atomic E-state index is 0.344. The molecule has 100 valence electrons. The number of carboxylic acids is 1. The number of nitrogens with zero attached hydrogens (tertiary/aromatic N) is 1. The van der Waals surface area contributed by atoms with Crippen LogP contribution in [0.2, 0.25) is 0 Å². The van der Waals surface area contributed by atoms with Gasteiger partial charge in [0.2, 0.25) is 0 Å². The number of hydrogen-bond donors (Lipinski definition) is 1. The topological polar surface area (TPSA) is 63.6 Å². The van der Waals surface area contributed by atoms with E-state index in [1.54, 1.807) is 6.92 Å². The molecule has 0 aromatic heterocycles. The molecule has 1 N–H and O–H groups in total. The number of hydrogen-bond acceptors (Lipinski definition) is 3. The van der Waals surface area contributed by atoms with Crippen LogP contribution in [0.15, 0.2) is 0 Å². The largest absolute Gasteiger partial charge is 0.481 e. The maximum absolute atomic E-state index is 12.0. The van der Waals surface area contributed by atoms with Gasteiger partial charge in [-0.1, -0.05) is 13.8 Å². The third kappa shape index (κ3) is 7.74. The molecule has 0 saturated carbocycles. The van der Waals surface area contributed by atoms with E-state index in [9.17, 15) is 9.59 Å². The molecular formula is C12H24NO4+. The van der Waals surface area contributed by atoms with Gasteiger partial charge in [-0.3, -0.25) is 9.59 Å². The van der Waals surface area contributed by atoms with E-state index in [0.717, 1.165) is 0 Å². The monoisotopic (exact) mass is 255 g/mol. The predicted octanol–water partition coefficient (Wildman–Crippen LogP) is 1.13. The molecule has 0 spiro atoms. The van der Waals surface area contributed by atoms with Crippen LogP contribution in [0, 0.1) is 5.92 Å². The van der Waals surface area contributed by atoms with Crippen LogP contribution in [0.5, 0.6) is 0 Å². The van der Waals surface area contributed by atoms with Gasteiger partial charge in [-0.15, -0.1) is 0 Å². The average Bonchev–Trinajstić information content (AvgIpc) is 2.38. The van der Waals surface area contributed by atoms with Gasteiger partial charge in [0.05, 0.1) is 45.6 Å². The number of carbonyl (C=O) groups excluding carboxylic acids is 1. The minimum Gasteiger partial charge on any atom is -0.481 e. The Hall–Kier alpha value is -1.10. The average molecular weight is 255 g/mol. The van der Waals surface area contributed by atoms with Gasteiger partial charge in [0.15, 0.2) is 6.10 Å². The van der Waals surface area contributed by atoms with Crippen LogP contribution in [-0.4, -0.2) is 55.1 Å². The lowest BCUT2D eigenvalue weighted by Crippen LogP contribution is -2.44. The number of rotatable bonds is 7. The van der Waals surface area contributed by atoms with E-state index in [1.165, 1.54) is 6.92 Å². The second kappa shape index (κ2) is 6.59. The zero-order chi connectivity index (χ0) is 21.1. The highest BCUT2D eigenvalue weighted by atomic mass is 16.5. The van der Waals surface area contributed by atoms with Gasteiger partial charge in [-0.05, 0) is 6.42 Å². The number of carboxylic acid groups (broad SMARTS) is 1. The van der Waals surface area contributed by atoms with Gasteiger partial charge in [0.25, 0.3) is 0 Å². The lowest BCUT2D eigenvalue weighted by Gasteiger charge is -2.28.